The number of nitrogens with one attached hydrogen (secondary N) is 1. The first-order valence-electron chi connectivity index (χ1n) is 11.3. The van der Waals surface area contributed by atoms with Gasteiger partial charge in [-0.15, -0.1) is 0 Å². The minimum Gasteiger partial charge on any atom is -0.492 e. The van der Waals surface area contributed by atoms with E-state index < -0.39 is 0 Å². The Hall–Kier alpha value is -2.85. The number of allylic oxidation sites excluding steroid dienone is 2. The molecule has 0 radical (unpaired) electrons. The largest absolute Gasteiger partial charge is 0.492 e. The van der Waals surface area contributed by atoms with Crippen molar-refractivity contribution in [2.45, 2.75) is 31.7 Å². The highest BCUT2D eigenvalue weighted by molar-refractivity contribution is 9.10. The van der Waals surface area contributed by atoms with E-state index in [-0.39, 0.29) is 0 Å². The number of hydrogen-bond donors (Lipinski definition) is 1. The van der Waals surface area contributed by atoms with Gasteiger partial charge in [0.15, 0.2) is 0 Å². The molecule has 0 saturated heterocycles. The van der Waals surface area contributed by atoms with Gasteiger partial charge in [0.25, 0.3) is 0 Å². The number of ether oxygens (including phenoxy) is 1. The number of benzene rings is 3. The third-order valence-electron chi connectivity index (χ3n) is 6.30. The molecular formula is C28H27BrN2O. The van der Waals surface area contributed by atoms with Crippen LogP contribution in [0.5, 0.6) is 5.75 Å². The van der Waals surface area contributed by atoms with E-state index in [9.17, 15) is 0 Å². The molecule has 3 aromatic carbocycles. The van der Waals surface area contributed by atoms with E-state index >= 15 is 0 Å². The van der Waals surface area contributed by atoms with Crippen LogP contribution in [-0.2, 0) is 0 Å². The Bertz CT molecular complexity index is 1150. The number of anilines is 1. The Morgan fingerprint density at radius 2 is 1.94 bits per heavy atom. The Labute approximate surface area is 198 Å². The number of nitrogens with zero attached hydrogens (tertiary/aromatic N) is 1. The zero-order chi connectivity index (χ0) is 21.9. The van der Waals surface area contributed by atoms with E-state index in [1.165, 1.54) is 16.8 Å². The van der Waals surface area contributed by atoms with Crippen molar-refractivity contribution in [1.82, 2.24) is 0 Å². The number of rotatable bonds is 6. The summed E-state index contributed by atoms with van der Waals surface area (Å²) in [4.78, 5) is 4.68. The lowest BCUT2D eigenvalue weighted by atomic mass is 9.77. The van der Waals surface area contributed by atoms with Gasteiger partial charge in [-0.2, -0.15) is 0 Å². The molecule has 1 aliphatic carbocycles. The summed E-state index contributed by atoms with van der Waals surface area (Å²) in [6.45, 7) is 2.82. The maximum Gasteiger partial charge on any atom is 0.133 e. The molecule has 0 saturated carbocycles. The second kappa shape index (κ2) is 9.33. The Morgan fingerprint density at radius 3 is 2.75 bits per heavy atom. The summed E-state index contributed by atoms with van der Waals surface area (Å²) >= 11 is 3.59. The van der Waals surface area contributed by atoms with E-state index in [2.05, 4.69) is 93.8 Å². The fourth-order valence-corrected chi connectivity index (χ4v) is 5.23. The normalized spacial score (nSPS) is 21.2. The van der Waals surface area contributed by atoms with Crippen LogP contribution in [0.1, 0.15) is 48.4 Å². The van der Waals surface area contributed by atoms with Gasteiger partial charge in [0.1, 0.15) is 5.75 Å². The van der Waals surface area contributed by atoms with Crippen LogP contribution in [0, 0.1) is 5.92 Å². The van der Waals surface area contributed by atoms with E-state index in [1.54, 1.807) is 0 Å². The first kappa shape index (κ1) is 21.0. The lowest BCUT2D eigenvalue weighted by Gasteiger charge is -2.37. The molecular weight excluding hydrogens is 460 g/mol. The van der Waals surface area contributed by atoms with Crippen molar-refractivity contribution in [1.29, 1.82) is 0 Å². The van der Waals surface area contributed by atoms with Gasteiger partial charge in [-0.1, -0.05) is 49.4 Å². The van der Waals surface area contributed by atoms with Crippen LogP contribution in [0.2, 0.25) is 0 Å². The molecule has 32 heavy (non-hydrogen) atoms. The molecule has 3 atom stereocenters. The average molecular weight is 487 g/mol. The van der Waals surface area contributed by atoms with Gasteiger partial charge < -0.3 is 10.1 Å². The van der Waals surface area contributed by atoms with Crippen LogP contribution in [0.25, 0.3) is 0 Å². The van der Waals surface area contributed by atoms with E-state index in [1.807, 2.05) is 24.4 Å². The maximum absolute atomic E-state index is 5.72. The van der Waals surface area contributed by atoms with E-state index in [4.69, 9.17) is 4.74 Å². The first-order valence-corrected chi connectivity index (χ1v) is 12.1. The number of para-hydroxylation sites is 1. The third kappa shape index (κ3) is 4.24. The van der Waals surface area contributed by atoms with Crippen LogP contribution < -0.4 is 10.1 Å². The summed E-state index contributed by atoms with van der Waals surface area (Å²) < 4.78 is 6.68. The zero-order valence-electron chi connectivity index (χ0n) is 18.2. The fourth-order valence-electron chi connectivity index (χ4n) is 4.72. The number of halogens is 1. The van der Waals surface area contributed by atoms with Crippen LogP contribution in [0.15, 0.2) is 88.3 Å². The van der Waals surface area contributed by atoms with Crippen molar-refractivity contribution in [3.63, 3.8) is 0 Å². The molecule has 1 aliphatic heterocycles. The van der Waals surface area contributed by atoms with Crippen molar-refractivity contribution in [3.05, 3.63) is 100 Å². The van der Waals surface area contributed by atoms with E-state index in [0.717, 1.165) is 40.9 Å². The summed E-state index contributed by atoms with van der Waals surface area (Å²) in [5.74, 6) is 1.93. The molecule has 0 amide bonds. The average Bonchev–Trinajstić information content (AvgIpc) is 3.32. The van der Waals surface area contributed by atoms with Gasteiger partial charge in [0.2, 0.25) is 0 Å². The lowest BCUT2D eigenvalue weighted by Crippen LogP contribution is -2.28. The Balaban J connectivity index is 1.31. The maximum atomic E-state index is 5.72. The highest BCUT2D eigenvalue weighted by atomic mass is 79.9. The first-order chi connectivity index (χ1) is 15.7. The second-order valence-electron chi connectivity index (χ2n) is 8.45. The standard InChI is InChI=1S/C28H27BrN2O/c1-2-16-32-27-15-10-19(17-25(27)29)18-30-21-13-11-20(12-14-21)28-24-8-5-7-22(24)23-6-3-4-9-26(23)31-28/h3-7,9-15,17-18,22,24,28,31H,2,8,16H2,1H3/t22-,24+,28-/m0/s1. The molecule has 2 aliphatic rings. The van der Waals surface area contributed by atoms with Gasteiger partial charge in [0.05, 0.1) is 22.8 Å². The molecule has 0 spiro atoms. The molecule has 0 bridgehead atoms. The lowest BCUT2D eigenvalue weighted by molar-refractivity contribution is 0.315. The zero-order valence-corrected chi connectivity index (χ0v) is 19.8. The number of fused-ring (bicyclic) bond motifs is 3. The fraction of sp³-hybridized carbons (Fsp3) is 0.250. The van der Waals surface area contributed by atoms with Crippen molar-refractivity contribution in [2.75, 3.05) is 11.9 Å². The van der Waals surface area contributed by atoms with Gasteiger partial charge in [0, 0.05) is 17.8 Å². The van der Waals surface area contributed by atoms with Crippen LogP contribution in [-0.4, -0.2) is 12.8 Å². The highest BCUT2D eigenvalue weighted by Crippen LogP contribution is 2.49. The molecule has 0 unspecified atom stereocenters. The SMILES string of the molecule is CCCOc1ccc(C=Nc2ccc([C@@H]3Nc4ccccc4[C@@H]4C=CC[C@H]43)cc2)cc1Br. The molecule has 5 rings (SSSR count). The predicted octanol–water partition coefficient (Wildman–Crippen LogP) is 7.82. The smallest absolute Gasteiger partial charge is 0.133 e. The van der Waals surface area contributed by atoms with Gasteiger partial charge in [-0.25, -0.2) is 0 Å². The van der Waals surface area contributed by atoms with Crippen LogP contribution >= 0.6 is 15.9 Å². The Morgan fingerprint density at radius 1 is 1.09 bits per heavy atom. The molecule has 0 aromatic heterocycles. The molecule has 0 fully saturated rings. The van der Waals surface area contributed by atoms with Gasteiger partial charge in [-0.05, 0) is 87.8 Å². The topological polar surface area (TPSA) is 33.6 Å². The predicted molar refractivity (Wildman–Crippen MR) is 136 cm³/mol. The minimum absolute atomic E-state index is 0.314. The summed E-state index contributed by atoms with van der Waals surface area (Å²) in [6, 6.07) is 23.7. The summed E-state index contributed by atoms with van der Waals surface area (Å²) in [6.07, 6.45) is 8.72. The van der Waals surface area contributed by atoms with Gasteiger partial charge in [-0.3, -0.25) is 4.99 Å². The van der Waals surface area contributed by atoms with Crippen LogP contribution in [0.3, 0.4) is 0 Å². The van der Waals surface area contributed by atoms with Gasteiger partial charge >= 0.3 is 0 Å². The van der Waals surface area contributed by atoms with Crippen molar-refractivity contribution in [3.8, 4) is 5.75 Å². The summed E-state index contributed by atoms with van der Waals surface area (Å²) in [5, 5.41) is 3.79. The summed E-state index contributed by atoms with van der Waals surface area (Å²) in [7, 11) is 0. The molecule has 1 N–H and O–H groups in total. The van der Waals surface area contributed by atoms with Crippen LogP contribution in [0.4, 0.5) is 11.4 Å². The monoisotopic (exact) mass is 486 g/mol. The minimum atomic E-state index is 0.314. The number of aliphatic imine (C=N–C) groups is 1. The highest BCUT2D eigenvalue weighted by Gasteiger charge is 2.37. The molecule has 4 heteroatoms. The van der Waals surface area contributed by atoms with Crippen molar-refractivity contribution < 1.29 is 4.74 Å². The number of hydrogen-bond acceptors (Lipinski definition) is 3. The third-order valence-corrected chi connectivity index (χ3v) is 6.92. The second-order valence-corrected chi connectivity index (χ2v) is 9.31. The Kier molecular flexibility index (Phi) is 6.13. The summed E-state index contributed by atoms with van der Waals surface area (Å²) in [5.41, 5.74) is 5.98. The van der Waals surface area contributed by atoms with E-state index in [0.29, 0.717) is 17.9 Å². The quantitative estimate of drug-likeness (QED) is 0.284. The molecule has 162 valence electrons. The van der Waals surface area contributed by atoms with Crippen molar-refractivity contribution in [2.24, 2.45) is 10.9 Å². The molecule has 3 aromatic rings. The van der Waals surface area contributed by atoms with Crippen molar-refractivity contribution >= 4 is 33.5 Å². The molecule has 3 nitrogen and oxygen atoms in total. The molecule has 1 heterocycles.